The molecule has 1 fully saturated rings. The molecule has 0 unspecified atom stereocenters. The van der Waals surface area contributed by atoms with Crippen LogP contribution >= 0.6 is 0 Å². The quantitative estimate of drug-likeness (QED) is 0.501. The molecule has 7 heteroatoms. The molecule has 0 bridgehead atoms. The first-order valence-electron chi connectivity index (χ1n) is 4.95. The van der Waals surface area contributed by atoms with Crippen LogP contribution in [-0.2, 0) is 14.8 Å². The Kier molecular flexibility index (Phi) is 4.49. The number of hydrogen-bond acceptors (Lipinski definition) is 4. The van der Waals surface area contributed by atoms with Crippen LogP contribution in [0.4, 0.5) is 0 Å². The molecule has 0 saturated carbocycles. The first kappa shape index (κ1) is 12.4. The van der Waals surface area contributed by atoms with Gasteiger partial charge < -0.3 is 10.6 Å². The Morgan fingerprint density at radius 3 is 2.73 bits per heavy atom. The second-order valence-electron chi connectivity index (χ2n) is 3.61. The van der Waals surface area contributed by atoms with Gasteiger partial charge in [-0.3, -0.25) is 4.79 Å². The third-order valence-electron chi connectivity index (χ3n) is 2.17. The van der Waals surface area contributed by atoms with Crippen molar-refractivity contribution in [2.24, 2.45) is 0 Å². The Morgan fingerprint density at radius 1 is 1.47 bits per heavy atom. The normalized spacial score (nSPS) is 21.5. The van der Waals surface area contributed by atoms with E-state index in [0.717, 1.165) is 25.6 Å². The Labute approximate surface area is 89.9 Å². The van der Waals surface area contributed by atoms with Gasteiger partial charge in [0.1, 0.15) is 0 Å². The van der Waals surface area contributed by atoms with Crippen LogP contribution in [0.5, 0.6) is 0 Å². The number of carbonyl (C=O) groups excluding carboxylic acids is 1. The van der Waals surface area contributed by atoms with Gasteiger partial charge in [-0.05, 0) is 19.4 Å². The van der Waals surface area contributed by atoms with Gasteiger partial charge in [-0.25, -0.2) is 13.1 Å². The van der Waals surface area contributed by atoms with E-state index in [4.69, 9.17) is 0 Å². The van der Waals surface area contributed by atoms with E-state index in [1.807, 2.05) is 0 Å². The standard InChI is InChI=1S/C8H17N3O3S/c1-15(13,14)11-6-5-10-8(12)7-3-2-4-9-7/h7,9,11H,2-6H2,1H3,(H,10,12)/t7-/m1/s1. The zero-order valence-electron chi connectivity index (χ0n) is 8.75. The largest absolute Gasteiger partial charge is 0.353 e. The monoisotopic (exact) mass is 235 g/mol. The van der Waals surface area contributed by atoms with Crippen molar-refractivity contribution in [3.8, 4) is 0 Å². The Bertz CT molecular complexity index is 309. The maximum absolute atomic E-state index is 11.4. The highest BCUT2D eigenvalue weighted by Gasteiger charge is 2.21. The molecule has 88 valence electrons. The Morgan fingerprint density at radius 2 is 2.20 bits per heavy atom. The summed E-state index contributed by atoms with van der Waals surface area (Å²) in [5.41, 5.74) is 0. The zero-order valence-corrected chi connectivity index (χ0v) is 9.56. The van der Waals surface area contributed by atoms with E-state index in [0.29, 0.717) is 6.54 Å². The average molecular weight is 235 g/mol. The summed E-state index contributed by atoms with van der Waals surface area (Å²) in [7, 11) is -3.16. The van der Waals surface area contributed by atoms with Crippen LogP contribution in [0.3, 0.4) is 0 Å². The first-order chi connectivity index (χ1) is 6.99. The van der Waals surface area contributed by atoms with Crippen LogP contribution in [0.1, 0.15) is 12.8 Å². The fourth-order valence-corrected chi connectivity index (χ4v) is 1.93. The summed E-state index contributed by atoms with van der Waals surface area (Å²) in [6.45, 7) is 1.43. The summed E-state index contributed by atoms with van der Waals surface area (Å²) in [5.74, 6) is -0.0530. The van der Waals surface area contributed by atoms with E-state index in [9.17, 15) is 13.2 Å². The number of hydrogen-bond donors (Lipinski definition) is 3. The molecule has 1 heterocycles. The molecule has 1 aliphatic heterocycles. The summed E-state index contributed by atoms with van der Waals surface area (Å²) in [6, 6.07) is -0.108. The van der Waals surface area contributed by atoms with Gasteiger partial charge in [0.15, 0.2) is 0 Å². The van der Waals surface area contributed by atoms with Crippen molar-refractivity contribution in [2.45, 2.75) is 18.9 Å². The molecular formula is C8H17N3O3S. The second-order valence-corrected chi connectivity index (χ2v) is 5.44. The van der Waals surface area contributed by atoms with E-state index in [-0.39, 0.29) is 18.5 Å². The SMILES string of the molecule is CS(=O)(=O)NCCNC(=O)[C@H]1CCCN1. The van der Waals surface area contributed by atoms with Gasteiger partial charge in [-0.1, -0.05) is 0 Å². The summed E-state index contributed by atoms with van der Waals surface area (Å²) in [6.07, 6.45) is 2.96. The third kappa shape index (κ3) is 5.10. The van der Waals surface area contributed by atoms with Gasteiger partial charge >= 0.3 is 0 Å². The lowest BCUT2D eigenvalue weighted by molar-refractivity contribution is -0.122. The van der Waals surface area contributed by atoms with Gasteiger partial charge in [-0.15, -0.1) is 0 Å². The number of amides is 1. The molecule has 1 saturated heterocycles. The van der Waals surface area contributed by atoms with Gasteiger partial charge in [-0.2, -0.15) is 0 Å². The van der Waals surface area contributed by atoms with Crippen molar-refractivity contribution in [3.05, 3.63) is 0 Å². The number of nitrogens with one attached hydrogen (secondary N) is 3. The van der Waals surface area contributed by atoms with Crippen LogP contribution in [0.25, 0.3) is 0 Å². The molecular weight excluding hydrogens is 218 g/mol. The molecule has 15 heavy (non-hydrogen) atoms. The number of carbonyl (C=O) groups is 1. The predicted octanol–water partition coefficient (Wildman–Crippen LogP) is -1.60. The van der Waals surface area contributed by atoms with Crippen molar-refractivity contribution < 1.29 is 13.2 Å². The molecule has 3 N–H and O–H groups in total. The smallest absolute Gasteiger partial charge is 0.237 e. The predicted molar refractivity (Wildman–Crippen MR) is 56.9 cm³/mol. The highest BCUT2D eigenvalue weighted by atomic mass is 32.2. The number of sulfonamides is 1. The van der Waals surface area contributed by atoms with Crippen LogP contribution < -0.4 is 15.4 Å². The fourth-order valence-electron chi connectivity index (χ4n) is 1.45. The van der Waals surface area contributed by atoms with Crippen molar-refractivity contribution in [1.29, 1.82) is 0 Å². The maximum Gasteiger partial charge on any atom is 0.237 e. The minimum atomic E-state index is -3.16. The molecule has 0 aromatic heterocycles. The Balaban J connectivity index is 2.12. The second kappa shape index (κ2) is 5.43. The first-order valence-corrected chi connectivity index (χ1v) is 6.84. The van der Waals surface area contributed by atoms with Crippen molar-refractivity contribution in [3.63, 3.8) is 0 Å². The molecule has 0 aromatic rings. The molecule has 1 amide bonds. The lowest BCUT2D eigenvalue weighted by Crippen LogP contribution is -2.43. The minimum absolute atomic E-state index is 0.0530. The third-order valence-corrected chi connectivity index (χ3v) is 2.89. The minimum Gasteiger partial charge on any atom is -0.353 e. The lowest BCUT2D eigenvalue weighted by atomic mass is 10.2. The van der Waals surface area contributed by atoms with E-state index >= 15 is 0 Å². The topological polar surface area (TPSA) is 87.3 Å². The van der Waals surface area contributed by atoms with Gasteiger partial charge in [0.25, 0.3) is 0 Å². The highest BCUT2D eigenvalue weighted by Crippen LogP contribution is 2.03. The van der Waals surface area contributed by atoms with E-state index in [2.05, 4.69) is 15.4 Å². The van der Waals surface area contributed by atoms with E-state index < -0.39 is 10.0 Å². The highest BCUT2D eigenvalue weighted by molar-refractivity contribution is 7.88. The van der Waals surface area contributed by atoms with E-state index in [1.165, 1.54) is 0 Å². The van der Waals surface area contributed by atoms with Crippen molar-refractivity contribution in [1.82, 2.24) is 15.4 Å². The summed E-state index contributed by atoms with van der Waals surface area (Å²) in [5, 5.41) is 5.73. The molecule has 1 rings (SSSR count). The molecule has 0 aliphatic carbocycles. The van der Waals surface area contributed by atoms with Crippen LogP contribution in [-0.4, -0.2) is 46.3 Å². The van der Waals surface area contributed by atoms with Crippen LogP contribution in [0.15, 0.2) is 0 Å². The molecule has 1 aliphatic rings. The average Bonchev–Trinajstić information content (AvgIpc) is 2.63. The van der Waals surface area contributed by atoms with Crippen molar-refractivity contribution in [2.75, 3.05) is 25.9 Å². The van der Waals surface area contributed by atoms with E-state index in [1.54, 1.807) is 0 Å². The van der Waals surface area contributed by atoms with Gasteiger partial charge in [0.05, 0.1) is 12.3 Å². The summed E-state index contributed by atoms with van der Waals surface area (Å²) >= 11 is 0. The Hall–Kier alpha value is -0.660. The summed E-state index contributed by atoms with van der Waals surface area (Å²) in [4.78, 5) is 11.4. The van der Waals surface area contributed by atoms with Crippen LogP contribution in [0.2, 0.25) is 0 Å². The number of rotatable bonds is 5. The summed E-state index contributed by atoms with van der Waals surface area (Å²) < 4.78 is 23.7. The van der Waals surface area contributed by atoms with Crippen molar-refractivity contribution >= 4 is 15.9 Å². The van der Waals surface area contributed by atoms with Gasteiger partial charge in [0.2, 0.25) is 15.9 Å². The molecule has 0 radical (unpaired) electrons. The molecule has 1 atom stereocenters. The lowest BCUT2D eigenvalue weighted by Gasteiger charge is -2.10. The zero-order chi connectivity index (χ0) is 11.3. The maximum atomic E-state index is 11.4. The van der Waals surface area contributed by atoms with Crippen LogP contribution in [0, 0.1) is 0 Å². The van der Waals surface area contributed by atoms with Gasteiger partial charge in [0, 0.05) is 13.1 Å². The molecule has 0 spiro atoms. The molecule has 0 aromatic carbocycles. The molecule has 6 nitrogen and oxygen atoms in total. The fraction of sp³-hybridized carbons (Fsp3) is 0.875.